The number of esters is 1. The van der Waals surface area contributed by atoms with E-state index in [1.54, 1.807) is 0 Å². The van der Waals surface area contributed by atoms with E-state index in [4.69, 9.17) is 15.9 Å². The first-order valence-corrected chi connectivity index (χ1v) is 6.16. The molecule has 1 rings (SSSR count). The van der Waals surface area contributed by atoms with Crippen molar-refractivity contribution in [3.05, 3.63) is 29.1 Å². The summed E-state index contributed by atoms with van der Waals surface area (Å²) in [4.78, 5) is 36.5. The molecule has 1 heterocycles. The third-order valence-corrected chi connectivity index (χ3v) is 2.81. The Morgan fingerprint density at radius 3 is 2.19 bits per heavy atom. The number of carboxylic acids is 2. The first kappa shape index (κ1) is 16.6. The maximum atomic E-state index is 11.1. The lowest BCUT2D eigenvalue weighted by Gasteiger charge is -2.09. The average Bonchev–Trinajstić information content (AvgIpc) is 2.45. The largest absolute Gasteiger partial charge is 0.477 e. The third-order valence-electron chi connectivity index (χ3n) is 2.81. The number of nitrogens with two attached hydrogens (primary N) is 1. The van der Waals surface area contributed by atoms with Crippen LogP contribution < -0.4 is 5.73 Å². The lowest BCUT2D eigenvalue weighted by atomic mass is 10.0. The predicted octanol–water partition coefficient (Wildman–Crippen LogP) is 0.301. The predicted molar refractivity (Wildman–Crippen MR) is 71.1 cm³/mol. The number of rotatable bonds is 7. The Morgan fingerprint density at radius 2 is 1.76 bits per heavy atom. The Labute approximate surface area is 120 Å². The van der Waals surface area contributed by atoms with Gasteiger partial charge in [-0.25, -0.2) is 14.6 Å². The number of aromatic nitrogens is 1. The molecule has 4 N–H and O–H groups in total. The summed E-state index contributed by atoms with van der Waals surface area (Å²) in [7, 11) is 1.24. The van der Waals surface area contributed by atoms with E-state index in [2.05, 4.69) is 9.72 Å². The summed E-state index contributed by atoms with van der Waals surface area (Å²) in [6, 6.07) is 1.85. The SMILES string of the molecule is COC(=O)[C@@H](N)CCCc1cc(C(=O)O)nc(C(=O)O)c1. The van der Waals surface area contributed by atoms with Gasteiger partial charge in [-0.1, -0.05) is 0 Å². The minimum absolute atomic E-state index is 0.331. The van der Waals surface area contributed by atoms with Gasteiger partial charge in [0.05, 0.1) is 7.11 Å². The van der Waals surface area contributed by atoms with Crippen LogP contribution in [-0.2, 0) is 16.0 Å². The monoisotopic (exact) mass is 296 g/mol. The van der Waals surface area contributed by atoms with Gasteiger partial charge in [-0.2, -0.15) is 0 Å². The summed E-state index contributed by atoms with van der Waals surface area (Å²) >= 11 is 0. The van der Waals surface area contributed by atoms with Crippen LogP contribution in [0.15, 0.2) is 12.1 Å². The van der Waals surface area contributed by atoms with E-state index in [1.165, 1.54) is 19.2 Å². The van der Waals surface area contributed by atoms with Gasteiger partial charge in [-0.05, 0) is 37.0 Å². The molecule has 0 bridgehead atoms. The van der Waals surface area contributed by atoms with Gasteiger partial charge in [-0.15, -0.1) is 0 Å². The van der Waals surface area contributed by atoms with E-state index in [1.807, 2.05) is 0 Å². The number of carbonyl (C=O) groups is 3. The maximum absolute atomic E-state index is 11.1. The van der Waals surface area contributed by atoms with Crippen LogP contribution in [0, 0.1) is 0 Å². The lowest BCUT2D eigenvalue weighted by Crippen LogP contribution is -2.31. The number of nitrogens with zero attached hydrogens (tertiary/aromatic N) is 1. The highest BCUT2D eigenvalue weighted by Crippen LogP contribution is 2.11. The molecule has 0 amide bonds. The van der Waals surface area contributed by atoms with Crippen molar-refractivity contribution >= 4 is 17.9 Å². The fraction of sp³-hybridized carbons (Fsp3) is 0.385. The Balaban J connectivity index is 2.76. The molecule has 0 fully saturated rings. The van der Waals surface area contributed by atoms with Gasteiger partial charge in [-0.3, -0.25) is 4.79 Å². The molecule has 0 aromatic carbocycles. The molecule has 1 atom stereocenters. The normalized spacial score (nSPS) is 11.7. The van der Waals surface area contributed by atoms with Crippen molar-refractivity contribution < 1.29 is 29.3 Å². The van der Waals surface area contributed by atoms with Gasteiger partial charge in [0.2, 0.25) is 0 Å². The second-order valence-electron chi connectivity index (χ2n) is 4.38. The van der Waals surface area contributed by atoms with Gasteiger partial charge in [0.25, 0.3) is 0 Å². The zero-order valence-corrected chi connectivity index (χ0v) is 11.4. The number of hydrogen-bond donors (Lipinski definition) is 3. The maximum Gasteiger partial charge on any atom is 0.354 e. The van der Waals surface area contributed by atoms with Gasteiger partial charge < -0.3 is 20.7 Å². The summed E-state index contributed by atoms with van der Waals surface area (Å²) in [6.07, 6.45) is 1.21. The van der Waals surface area contributed by atoms with Crippen LogP contribution in [0.4, 0.5) is 0 Å². The van der Waals surface area contributed by atoms with E-state index < -0.39 is 23.9 Å². The Hall–Kier alpha value is -2.48. The topological polar surface area (TPSA) is 140 Å². The van der Waals surface area contributed by atoms with E-state index >= 15 is 0 Å². The van der Waals surface area contributed by atoms with Crippen molar-refractivity contribution in [3.8, 4) is 0 Å². The van der Waals surface area contributed by atoms with Crippen molar-refractivity contribution in [3.63, 3.8) is 0 Å². The van der Waals surface area contributed by atoms with Crippen LogP contribution in [0.2, 0.25) is 0 Å². The molecule has 0 aliphatic carbocycles. The molecule has 0 radical (unpaired) electrons. The molecule has 0 aliphatic heterocycles. The molecule has 21 heavy (non-hydrogen) atoms. The first-order valence-electron chi connectivity index (χ1n) is 6.16. The van der Waals surface area contributed by atoms with Crippen LogP contribution in [0.5, 0.6) is 0 Å². The molecule has 0 unspecified atom stereocenters. The summed E-state index contributed by atoms with van der Waals surface area (Å²) < 4.78 is 4.49. The summed E-state index contributed by atoms with van der Waals surface area (Å²) in [5.74, 6) is -3.13. The smallest absolute Gasteiger partial charge is 0.354 e. The number of methoxy groups -OCH3 is 1. The highest BCUT2D eigenvalue weighted by Gasteiger charge is 2.15. The van der Waals surface area contributed by atoms with Crippen molar-refractivity contribution in [1.82, 2.24) is 4.98 Å². The van der Waals surface area contributed by atoms with Crippen molar-refractivity contribution in [2.24, 2.45) is 5.73 Å². The summed E-state index contributed by atoms with van der Waals surface area (Å²) in [5.41, 5.74) is 5.42. The molecular weight excluding hydrogens is 280 g/mol. The minimum atomic E-state index is -1.30. The van der Waals surface area contributed by atoms with Crippen LogP contribution in [0.25, 0.3) is 0 Å². The molecule has 0 saturated carbocycles. The second kappa shape index (κ2) is 7.34. The number of ether oxygens (including phenoxy) is 1. The van der Waals surface area contributed by atoms with E-state index in [0.29, 0.717) is 24.8 Å². The third kappa shape index (κ3) is 4.84. The zero-order valence-electron chi connectivity index (χ0n) is 11.4. The Kier molecular flexibility index (Phi) is 5.79. The molecule has 8 nitrogen and oxygen atoms in total. The average molecular weight is 296 g/mol. The number of pyridine rings is 1. The number of aromatic carboxylic acids is 2. The molecule has 0 saturated heterocycles. The number of hydrogen-bond acceptors (Lipinski definition) is 6. The van der Waals surface area contributed by atoms with Crippen molar-refractivity contribution in [2.45, 2.75) is 25.3 Å². The zero-order chi connectivity index (χ0) is 16.0. The fourth-order valence-corrected chi connectivity index (χ4v) is 1.75. The van der Waals surface area contributed by atoms with Gasteiger partial charge >= 0.3 is 17.9 Å². The fourth-order valence-electron chi connectivity index (χ4n) is 1.75. The van der Waals surface area contributed by atoms with Crippen LogP contribution >= 0.6 is 0 Å². The summed E-state index contributed by atoms with van der Waals surface area (Å²) in [5, 5.41) is 17.8. The Morgan fingerprint density at radius 1 is 1.24 bits per heavy atom. The van der Waals surface area contributed by atoms with Crippen molar-refractivity contribution in [2.75, 3.05) is 7.11 Å². The molecular formula is C13H16N2O6. The molecule has 1 aromatic rings. The van der Waals surface area contributed by atoms with Gasteiger partial charge in [0.15, 0.2) is 0 Å². The van der Waals surface area contributed by atoms with Crippen LogP contribution in [0.3, 0.4) is 0 Å². The number of carboxylic acid groups (broad SMARTS) is 2. The molecule has 8 heteroatoms. The standard InChI is InChI=1S/C13H16N2O6/c1-21-13(20)8(14)4-2-3-7-5-9(11(16)17)15-10(6-7)12(18)19/h5-6,8H,2-4,14H2,1H3,(H,16,17)(H,18,19)/t8-/m0/s1. The van der Waals surface area contributed by atoms with Gasteiger partial charge in [0, 0.05) is 0 Å². The lowest BCUT2D eigenvalue weighted by molar-refractivity contribution is -0.142. The number of aryl methyl sites for hydroxylation is 1. The molecule has 1 aromatic heterocycles. The first-order chi connectivity index (χ1) is 9.85. The quantitative estimate of drug-likeness (QED) is 0.610. The van der Waals surface area contributed by atoms with Crippen molar-refractivity contribution in [1.29, 1.82) is 0 Å². The summed E-state index contributed by atoms with van der Waals surface area (Å²) in [6.45, 7) is 0. The molecule has 114 valence electrons. The van der Waals surface area contributed by atoms with E-state index in [-0.39, 0.29) is 11.4 Å². The molecule has 0 aliphatic rings. The highest BCUT2D eigenvalue weighted by molar-refractivity contribution is 5.90. The van der Waals surface area contributed by atoms with E-state index in [9.17, 15) is 14.4 Å². The van der Waals surface area contributed by atoms with Crippen LogP contribution in [0.1, 0.15) is 39.4 Å². The van der Waals surface area contributed by atoms with E-state index in [0.717, 1.165) is 0 Å². The second-order valence-corrected chi connectivity index (χ2v) is 4.38. The highest BCUT2D eigenvalue weighted by atomic mass is 16.5. The number of carbonyl (C=O) groups excluding carboxylic acids is 1. The van der Waals surface area contributed by atoms with Gasteiger partial charge in [0.1, 0.15) is 17.4 Å². The molecule has 0 spiro atoms. The Bertz CT molecular complexity index is 525. The minimum Gasteiger partial charge on any atom is -0.477 e. The van der Waals surface area contributed by atoms with Crippen LogP contribution in [-0.4, -0.2) is 46.3 Å².